The highest BCUT2D eigenvalue weighted by Crippen LogP contribution is 2.32. The van der Waals surface area contributed by atoms with Crippen molar-refractivity contribution in [1.82, 2.24) is 0 Å². The van der Waals surface area contributed by atoms with E-state index in [1.165, 1.54) is 6.92 Å². The van der Waals surface area contributed by atoms with E-state index in [1.54, 1.807) is 0 Å². The summed E-state index contributed by atoms with van der Waals surface area (Å²) in [5.41, 5.74) is 1.86. The molecular weight excluding hydrogens is 194 g/mol. The molecule has 0 aliphatic heterocycles. The van der Waals surface area contributed by atoms with Crippen molar-refractivity contribution in [2.75, 3.05) is 5.32 Å². The number of nitrogens with one attached hydrogen (secondary N) is 1. The van der Waals surface area contributed by atoms with Gasteiger partial charge in [0, 0.05) is 17.4 Å². The molecule has 14 heavy (non-hydrogen) atoms. The third-order valence-electron chi connectivity index (χ3n) is 1.90. The summed E-state index contributed by atoms with van der Waals surface area (Å²) < 4.78 is -0.251. The second-order valence-corrected chi connectivity index (χ2v) is 4.90. The monoisotopic (exact) mass is 209 g/mol. The molecule has 0 bridgehead atoms. The van der Waals surface area contributed by atoms with E-state index in [-0.39, 0.29) is 10.7 Å². The number of hydrogen-bond donors (Lipinski definition) is 2. The maximum Gasteiger partial charge on any atom is 0.221 e. The van der Waals surface area contributed by atoms with Crippen molar-refractivity contribution < 1.29 is 4.79 Å². The van der Waals surface area contributed by atoms with Gasteiger partial charge in [-0.2, -0.15) is 12.6 Å². The number of rotatable bonds is 2. The Morgan fingerprint density at radius 3 is 2.43 bits per heavy atom. The highest BCUT2D eigenvalue weighted by atomic mass is 32.1. The van der Waals surface area contributed by atoms with Crippen LogP contribution in [-0.2, 0) is 9.54 Å². The molecule has 0 saturated heterocycles. The van der Waals surface area contributed by atoms with Gasteiger partial charge in [0.2, 0.25) is 5.91 Å². The molecule has 0 fully saturated rings. The van der Waals surface area contributed by atoms with Gasteiger partial charge >= 0.3 is 0 Å². The molecule has 0 heterocycles. The molecule has 0 aliphatic rings. The number of thiol groups is 1. The first-order chi connectivity index (χ1) is 6.41. The van der Waals surface area contributed by atoms with Crippen molar-refractivity contribution in [3.05, 3.63) is 29.8 Å². The molecule has 0 unspecified atom stereocenters. The molecule has 0 atom stereocenters. The highest BCUT2D eigenvalue weighted by molar-refractivity contribution is 7.81. The maximum atomic E-state index is 11.0. The number of hydrogen-bond acceptors (Lipinski definition) is 2. The van der Waals surface area contributed by atoms with Crippen LogP contribution in [-0.4, -0.2) is 5.91 Å². The molecule has 1 aromatic carbocycles. The topological polar surface area (TPSA) is 29.1 Å². The lowest BCUT2D eigenvalue weighted by atomic mass is 10.00. The average molecular weight is 209 g/mol. The molecule has 0 spiro atoms. The van der Waals surface area contributed by atoms with Crippen molar-refractivity contribution in [2.45, 2.75) is 25.5 Å². The van der Waals surface area contributed by atoms with Crippen LogP contribution in [0.5, 0.6) is 0 Å². The Balaban J connectivity index is 3.10. The van der Waals surface area contributed by atoms with Crippen LogP contribution in [0.4, 0.5) is 5.69 Å². The van der Waals surface area contributed by atoms with Gasteiger partial charge in [-0.3, -0.25) is 4.79 Å². The van der Waals surface area contributed by atoms with Crippen LogP contribution < -0.4 is 5.32 Å². The van der Waals surface area contributed by atoms with Gasteiger partial charge in [-0.25, -0.2) is 0 Å². The summed E-state index contributed by atoms with van der Waals surface area (Å²) in [5, 5.41) is 2.79. The summed E-state index contributed by atoms with van der Waals surface area (Å²) in [6.07, 6.45) is 0. The van der Waals surface area contributed by atoms with Crippen LogP contribution in [0.1, 0.15) is 26.3 Å². The summed E-state index contributed by atoms with van der Waals surface area (Å²) in [6, 6.07) is 7.69. The normalized spacial score (nSPS) is 11.1. The van der Waals surface area contributed by atoms with Crippen LogP contribution in [0.3, 0.4) is 0 Å². The zero-order valence-electron chi connectivity index (χ0n) is 8.66. The average Bonchev–Trinajstić information content (AvgIpc) is 2.01. The maximum absolute atomic E-state index is 11.0. The highest BCUT2D eigenvalue weighted by Gasteiger charge is 2.18. The van der Waals surface area contributed by atoms with Crippen LogP contribution in [0, 0.1) is 0 Å². The molecule has 2 nitrogen and oxygen atoms in total. The van der Waals surface area contributed by atoms with Crippen molar-refractivity contribution in [3.8, 4) is 0 Å². The molecule has 3 heteroatoms. The van der Waals surface area contributed by atoms with Gasteiger partial charge < -0.3 is 5.32 Å². The number of benzene rings is 1. The molecule has 0 aliphatic carbocycles. The SMILES string of the molecule is CC(=O)Nc1ccccc1C(C)(C)S. The first-order valence-corrected chi connectivity index (χ1v) is 4.95. The minimum absolute atomic E-state index is 0.0602. The summed E-state index contributed by atoms with van der Waals surface area (Å²) in [5.74, 6) is -0.0602. The zero-order chi connectivity index (χ0) is 10.8. The first kappa shape index (κ1) is 11.1. The molecule has 1 rings (SSSR count). The molecule has 1 N–H and O–H groups in total. The second-order valence-electron chi connectivity index (χ2n) is 3.79. The van der Waals surface area contributed by atoms with Gasteiger partial charge in [-0.1, -0.05) is 18.2 Å². The van der Waals surface area contributed by atoms with Gasteiger partial charge in [-0.05, 0) is 25.5 Å². The minimum Gasteiger partial charge on any atom is -0.326 e. The molecule has 1 amide bonds. The standard InChI is InChI=1S/C11H15NOS/c1-8(13)12-10-7-5-4-6-9(10)11(2,3)14/h4-7,14H,1-3H3,(H,12,13). The Labute approximate surface area is 90.1 Å². The predicted molar refractivity (Wildman–Crippen MR) is 62.8 cm³/mol. The summed E-state index contributed by atoms with van der Waals surface area (Å²) >= 11 is 4.49. The van der Waals surface area contributed by atoms with E-state index in [4.69, 9.17) is 0 Å². The molecule has 1 aromatic rings. The van der Waals surface area contributed by atoms with Gasteiger partial charge in [0.25, 0.3) is 0 Å². The molecule has 0 radical (unpaired) electrons. The molecular formula is C11H15NOS. The Hall–Kier alpha value is -0.960. The van der Waals surface area contributed by atoms with E-state index in [2.05, 4.69) is 17.9 Å². The summed E-state index contributed by atoms with van der Waals surface area (Å²) in [6.45, 7) is 5.50. The second kappa shape index (κ2) is 4.05. The first-order valence-electron chi connectivity index (χ1n) is 4.51. The lowest BCUT2D eigenvalue weighted by molar-refractivity contribution is -0.114. The van der Waals surface area contributed by atoms with E-state index in [1.807, 2.05) is 38.1 Å². The van der Waals surface area contributed by atoms with E-state index in [9.17, 15) is 4.79 Å². The third kappa shape index (κ3) is 2.77. The largest absolute Gasteiger partial charge is 0.326 e. The quantitative estimate of drug-likeness (QED) is 0.721. The minimum atomic E-state index is -0.251. The lowest BCUT2D eigenvalue weighted by Gasteiger charge is -2.21. The Kier molecular flexibility index (Phi) is 3.21. The fourth-order valence-corrected chi connectivity index (χ4v) is 1.51. The number of amides is 1. The number of carbonyl (C=O) groups is 1. The summed E-state index contributed by atoms with van der Waals surface area (Å²) in [7, 11) is 0. The Morgan fingerprint density at radius 2 is 1.93 bits per heavy atom. The Morgan fingerprint density at radius 1 is 1.36 bits per heavy atom. The lowest BCUT2D eigenvalue weighted by Crippen LogP contribution is -2.14. The number of carbonyl (C=O) groups excluding carboxylic acids is 1. The fourth-order valence-electron chi connectivity index (χ4n) is 1.32. The van der Waals surface area contributed by atoms with Crippen LogP contribution in [0.15, 0.2) is 24.3 Å². The van der Waals surface area contributed by atoms with Crippen LogP contribution in [0.2, 0.25) is 0 Å². The van der Waals surface area contributed by atoms with Crippen molar-refractivity contribution >= 4 is 24.2 Å². The third-order valence-corrected chi connectivity index (χ3v) is 2.14. The van der Waals surface area contributed by atoms with E-state index in [0.717, 1.165) is 11.3 Å². The van der Waals surface area contributed by atoms with Gasteiger partial charge in [-0.15, -0.1) is 0 Å². The Bertz CT molecular complexity index is 341. The smallest absolute Gasteiger partial charge is 0.221 e. The van der Waals surface area contributed by atoms with E-state index in [0.29, 0.717) is 0 Å². The number of anilines is 1. The molecule has 0 saturated carbocycles. The zero-order valence-corrected chi connectivity index (χ0v) is 9.56. The fraction of sp³-hybridized carbons (Fsp3) is 0.364. The van der Waals surface area contributed by atoms with Gasteiger partial charge in [0.05, 0.1) is 0 Å². The molecule has 76 valence electrons. The van der Waals surface area contributed by atoms with Gasteiger partial charge in [0.1, 0.15) is 0 Å². The predicted octanol–water partition coefficient (Wildman–Crippen LogP) is 2.81. The van der Waals surface area contributed by atoms with E-state index < -0.39 is 0 Å². The van der Waals surface area contributed by atoms with Gasteiger partial charge in [0.15, 0.2) is 0 Å². The van der Waals surface area contributed by atoms with Crippen LogP contribution in [0.25, 0.3) is 0 Å². The molecule has 0 aromatic heterocycles. The van der Waals surface area contributed by atoms with E-state index >= 15 is 0 Å². The van der Waals surface area contributed by atoms with Crippen LogP contribution >= 0.6 is 12.6 Å². The van der Waals surface area contributed by atoms with Crippen molar-refractivity contribution in [1.29, 1.82) is 0 Å². The summed E-state index contributed by atoms with van der Waals surface area (Å²) in [4.78, 5) is 11.0. The van der Waals surface area contributed by atoms with Crippen molar-refractivity contribution in [3.63, 3.8) is 0 Å². The van der Waals surface area contributed by atoms with Crippen molar-refractivity contribution in [2.24, 2.45) is 0 Å². The number of para-hydroxylation sites is 1.